The largest absolute Gasteiger partial charge is 0.344 e. The van der Waals surface area contributed by atoms with E-state index >= 15 is 0 Å². The first-order valence-corrected chi connectivity index (χ1v) is 4.15. The van der Waals surface area contributed by atoms with Gasteiger partial charge in [0.2, 0.25) is 0 Å². The molecule has 1 N–H and O–H groups in total. The second-order valence-corrected chi connectivity index (χ2v) is 2.98. The molecule has 0 bridgehead atoms. The molecule has 1 aromatic carbocycles. The van der Waals surface area contributed by atoms with Crippen molar-refractivity contribution < 1.29 is 4.79 Å². The van der Waals surface area contributed by atoms with E-state index in [-0.39, 0.29) is 0 Å². The van der Waals surface area contributed by atoms with Crippen LogP contribution in [0.25, 0.3) is 0 Å². The van der Waals surface area contributed by atoms with E-state index in [2.05, 4.69) is 10.6 Å². The zero-order chi connectivity index (χ0) is 10.6. The zero-order valence-corrected chi connectivity index (χ0v) is 8.15. The van der Waals surface area contributed by atoms with E-state index < -0.39 is 6.03 Å². The molecule has 0 atom stereocenters. The summed E-state index contributed by atoms with van der Waals surface area (Å²) in [5.74, 6) is 0. The predicted octanol–water partition coefficient (Wildman–Crippen LogP) is 2.49. The van der Waals surface area contributed by atoms with Crippen LogP contribution in [0.2, 0.25) is 5.02 Å². The number of amides is 2. The summed E-state index contributed by atoms with van der Waals surface area (Å²) in [5.41, 5.74) is 0.512. The molecule has 0 aromatic heterocycles. The summed E-state index contributed by atoms with van der Waals surface area (Å²) in [5, 5.41) is 6.05. The third-order valence-electron chi connectivity index (χ3n) is 1.49. The van der Waals surface area contributed by atoms with Gasteiger partial charge in [-0.3, -0.25) is 0 Å². The molecule has 14 heavy (non-hydrogen) atoms. The van der Waals surface area contributed by atoms with Crippen molar-refractivity contribution in [1.29, 1.82) is 0 Å². The van der Waals surface area contributed by atoms with E-state index in [4.69, 9.17) is 11.6 Å². The van der Waals surface area contributed by atoms with Gasteiger partial charge in [0.1, 0.15) is 0 Å². The topological polar surface area (TPSA) is 61.8 Å². The Labute approximate surface area is 85.6 Å². The summed E-state index contributed by atoms with van der Waals surface area (Å²) < 4.78 is 0. The van der Waals surface area contributed by atoms with Crippen LogP contribution < -0.4 is 5.32 Å². The third kappa shape index (κ3) is 2.70. The molecule has 0 saturated heterocycles. The van der Waals surface area contributed by atoms with Crippen molar-refractivity contribution in [3.8, 4) is 0 Å². The Morgan fingerprint density at radius 2 is 2.29 bits per heavy atom. The van der Waals surface area contributed by atoms with Crippen LogP contribution >= 0.6 is 11.6 Å². The number of carbonyl (C=O) groups excluding carboxylic acids is 1. The van der Waals surface area contributed by atoms with Crippen molar-refractivity contribution in [1.82, 2.24) is 5.01 Å². The van der Waals surface area contributed by atoms with Crippen molar-refractivity contribution in [2.45, 2.75) is 0 Å². The van der Waals surface area contributed by atoms with E-state index in [9.17, 15) is 9.70 Å². The second-order valence-electron chi connectivity index (χ2n) is 2.55. The van der Waals surface area contributed by atoms with Crippen LogP contribution in [0.15, 0.2) is 29.6 Å². The maximum Gasteiger partial charge on any atom is 0.344 e. The number of nitrogens with zero attached hydrogens (tertiary/aromatic N) is 2. The highest BCUT2D eigenvalue weighted by Crippen LogP contribution is 2.15. The van der Waals surface area contributed by atoms with Crippen LogP contribution in [0.4, 0.5) is 10.5 Å². The van der Waals surface area contributed by atoms with E-state index in [1.807, 2.05) is 0 Å². The van der Waals surface area contributed by atoms with Gasteiger partial charge in [0.15, 0.2) is 0 Å². The highest BCUT2D eigenvalue weighted by Gasteiger charge is 2.07. The second kappa shape index (κ2) is 4.57. The Hall–Kier alpha value is -1.62. The van der Waals surface area contributed by atoms with E-state index in [0.29, 0.717) is 15.7 Å². The number of rotatable bonds is 2. The number of carbonyl (C=O) groups is 1. The number of nitroso groups, excluding NO2 is 1. The van der Waals surface area contributed by atoms with Crippen molar-refractivity contribution in [2.75, 3.05) is 12.4 Å². The fraction of sp³-hybridized carbons (Fsp3) is 0.125. The fourth-order valence-electron chi connectivity index (χ4n) is 0.808. The van der Waals surface area contributed by atoms with Gasteiger partial charge in [-0.05, 0) is 18.2 Å². The summed E-state index contributed by atoms with van der Waals surface area (Å²) >= 11 is 5.69. The first kappa shape index (κ1) is 10.5. The van der Waals surface area contributed by atoms with Crippen molar-refractivity contribution >= 4 is 23.3 Å². The molecular formula is C8H8ClN3O2. The Morgan fingerprint density at radius 1 is 1.57 bits per heavy atom. The quantitative estimate of drug-likeness (QED) is 0.606. The highest BCUT2D eigenvalue weighted by atomic mass is 35.5. The molecule has 1 aromatic rings. The normalized spacial score (nSPS) is 9.29. The molecule has 0 spiro atoms. The van der Waals surface area contributed by atoms with E-state index in [1.165, 1.54) is 7.05 Å². The Kier molecular flexibility index (Phi) is 3.41. The van der Waals surface area contributed by atoms with Gasteiger partial charge in [-0.2, -0.15) is 5.01 Å². The van der Waals surface area contributed by atoms with Gasteiger partial charge in [0.25, 0.3) is 0 Å². The maximum atomic E-state index is 11.1. The van der Waals surface area contributed by atoms with Gasteiger partial charge in [-0.1, -0.05) is 17.7 Å². The summed E-state index contributed by atoms with van der Waals surface area (Å²) in [4.78, 5) is 21.1. The number of benzene rings is 1. The molecule has 0 heterocycles. The molecule has 0 radical (unpaired) electrons. The van der Waals surface area contributed by atoms with Crippen molar-refractivity contribution in [3.05, 3.63) is 34.2 Å². The molecule has 5 nitrogen and oxygen atoms in total. The summed E-state index contributed by atoms with van der Waals surface area (Å²) in [6.07, 6.45) is 0. The SMILES string of the molecule is CN(N=O)C(=O)Nc1cccc(Cl)c1. The minimum atomic E-state index is -0.609. The fourth-order valence-corrected chi connectivity index (χ4v) is 0.998. The van der Waals surface area contributed by atoms with Gasteiger partial charge in [-0.25, -0.2) is 4.79 Å². The minimum absolute atomic E-state index is 0.504. The number of nitrogens with one attached hydrogen (secondary N) is 1. The number of urea groups is 1. The monoisotopic (exact) mass is 213 g/mol. The Balaban J connectivity index is 2.69. The molecule has 6 heteroatoms. The maximum absolute atomic E-state index is 11.1. The minimum Gasteiger partial charge on any atom is -0.306 e. The van der Waals surface area contributed by atoms with Crippen LogP contribution in [0.5, 0.6) is 0 Å². The molecule has 0 unspecified atom stereocenters. The summed E-state index contributed by atoms with van der Waals surface area (Å²) in [6, 6.07) is 5.98. The van der Waals surface area contributed by atoms with Crippen LogP contribution in [0, 0.1) is 4.91 Å². The zero-order valence-electron chi connectivity index (χ0n) is 7.40. The number of hydrogen-bond acceptors (Lipinski definition) is 3. The highest BCUT2D eigenvalue weighted by molar-refractivity contribution is 6.30. The van der Waals surface area contributed by atoms with Crippen LogP contribution in [-0.2, 0) is 0 Å². The molecule has 0 aliphatic heterocycles. The number of halogens is 1. The third-order valence-corrected chi connectivity index (χ3v) is 1.73. The van der Waals surface area contributed by atoms with Gasteiger partial charge in [-0.15, -0.1) is 4.91 Å². The first-order chi connectivity index (χ1) is 6.63. The van der Waals surface area contributed by atoms with E-state index in [1.54, 1.807) is 24.3 Å². The van der Waals surface area contributed by atoms with Crippen LogP contribution in [0.3, 0.4) is 0 Å². The molecule has 74 valence electrons. The van der Waals surface area contributed by atoms with Gasteiger partial charge in [0.05, 0.1) is 5.29 Å². The lowest BCUT2D eigenvalue weighted by atomic mass is 10.3. The lowest BCUT2D eigenvalue weighted by Gasteiger charge is -2.08. The predicted molar refractivity (Wildman–Crippen MR) is 54.0 cm³/mol. The number of anilines is 1. The lowest BCUT2D eigenvalue weighted by Crippen LogP contribution is -2.26. The Morgan fingerprint density at radius 3 is 2.86 bits per heavy atom. The first-order valence-electron chi connectivity index (χ1n) is 3.77. The van der Waals surface area contributed by atoms with Gasteiger partial charge < -0.3 is 5.32 Å². The van der Waals surface area contributed by atoms with Crippen LogP contribution in [-0.4, -0.2) is 18.1 Å². The van der Waals surface area contributed by atoms with Crippen molar-refractivity contribution in [3.63, 3.8) is 0 Å². The Bertz CT molecular complexity index is 356. The van der Waals surface area contributed by atoms with Crippen molar-refractivity contribution in [2.24, 2.45) is 5.29 Å². The molecule has 2 amide bonds. The lowest BCUT2D eigenvalue weighted by molar-refractivity contribution is 0.224. The molecule has 0 aliphatic carbocycles. The molecule has 0 fully saturated rings. The molecule has 1 rings (SSSR count). The average molecular weight is 214 g/mol. The van der Waals surface area contributed by atoms with Crippen LogP contribution in [0.1, 0.15) is 0 Å². The van der Waals surface area contributed by atoms with Gasteiger partial charge >= 0.3 is 6.03 Å². The summed E-state index contributed by atoms with van der Waals surface area (Å²) in [6.45, 7) is 0. The number of hydrogen-bond donors (Lipinski definition) is 1. The molecule has 0 saturated carbocycles. The van der Waals surface area contributed by atoms with E-state index in [0.717, 1.165) is 0 Å². The average Bonchev–Trinajstić information content (AvgIpc) is 2.16. The standard InChI is InChI=1S/C8H8ClN3O2/c1-12(11-14)8(13)10-7-4-2-3-6(9)5-7/h2-5H,1H3,(H,10,13). The summed E-state index contributed by atoms with van der Waals surface area (Å²) in [7, 11) is 1.26. The van der Waals surface area contributed by atoms with Gasteiger partial charge in [0, 0.05) is 17.8 Å². The smallest absolute Gasteiger partial charge is 0.306 e. The molecule has 0 aliphatic rings. The molecular weight excluding hydrogens is 206 g/mol.